The van der Waals surface area contributed by atoms with Crippen molar-refractivity contribution in [3.63, 3.8) is 0 Å². The molecule has 0 spiro atoms. The second-order valence-electron chi connectivity index (χ2n) is 7.10. The summed E-state index contributed by atoms with van der Waals surface area (Å²) in [5, 5.41) is 9.00. The number of ether oxygens (including phenoxy) is 1. The van der Waals surface area contributed by atoms with Crippen LogP contribution in [0.25, 0.3) is 22.2 Å². The van der Waals surface area contributed by atoms with Gasteiger partial charge in [0.1, 0.15) is 5.75 Å². The topological polar surface area (TPSA) is 91.7 Å². The predicted molar refractivity (Wildman–Crippen MR) is 120 cm³/mol. The summed E-state index contributed by atoms with van der Waals surface area (Å²) in [6, 6.07) is 27.5. The molecule has 2 aromatic heterocycles. The molecule has 0 aliphatic carbocycles. The molecule has 6 nitrogen and oxygen atoms in total. The van der Waals surface area contributed by atoms with Crippen LogP contribution in [-0.2, 0) is 0 Å². The predicted octanol–water partition coefficient (Wildman–Crippen LogP) is 5.52. The number of aromatic nitrogens is 3. The Kier molecular flexibility index (Phi) is 4.91. The number of nitrogens with one attached hydrogen (secondary N) is 1. The molecule has 32 heavy (non-hydrogen) atoms. The Bertz CT molecular complexity index is 1430. The van der Waals surface area contributed by atoms with Gasteiger partial charge in [0.05, 0.1) is 22.7 Å². The first kappa shape index (κ1) is 19.2. The first-order valence-corrected chi connectivity index (χ1v) is 9.94. The summed E-state index contributed by atoms with van der Waals surface area (Å²) in [4.78, 5) is 24.6. The average Bonchev–Trinajstić information content (AvgIpc) is 3.29. The van der Waals surface area contributed by atoms with E-state index in [-0.39, 0.29) is 5.78 Å². The average molecular weight is 416 g/mol. The molecule has 0 unspecified atom stereocenters. The van der Waals surface area contributed by atoms with Crippen molar-refractivity contribution < 1.29 is 9.53 Å². The van der Waals surface area contributed by atoms with Crippen molar-refractivity contribution in [3.05, 3.63) is 108 Å². The van der Waals surface area contributed by atoms with E-state index in [0.717, 1.165) is 22.2 Å². The maximum Gasteiger partial charge on any atom is 0.228 e. The quantitative estimate of drug-likeness (QED) is 0.381. The lowest BCUT2D eigenvalue weighted by molar-refractivity contribution is 0.103. The third kappa shape index (κ3) is 3.71. The van der Waals surface area contributed by atoms with Crippen LogP contribution >= 0.6 is 0 Å². The Balaban J connectivity index is 1.38. The zero-order valence-corrected chi connectivity index (χ0v) is 16.8. The molecular weight excluding hydrogens is 400 g/mol. The lowest BCUT2D eigenvalue weighted by Gasteiger charge is -2.10. The van der Waals surface area contributed by atoms with Gasteiger partial charge in [-0.05, 0) is 66.2 Å². The van der Waals surface area contributed by atoms with Gasteiger partial charge in [0.15, 0.2) is 5.82 Å². The number of carbonyl (C=O) groups excluding carboxylic acids is 1. The molecular formula is C26H16N4O2. The normalized spacial score (nSPS) is 10.6. The molecule has 1 N–H and O–H groups in total. The number of imidazole rings is 1. The van der Waals surface area contributed by atoms with Gasteiger partial charge in [-0.2, -0.15) is 5.26 Å². The van der Waals surface area contributed by atoms with Gasteiger partial charge >= 0.3 is 0 Å². The highest BCUT2D eigenvalue weighted by Gasteiger charge is 2.15. The Morgan fingerprint density at radius 2 is 1.69 bits per heavy atom. The number of carbonyl (C=O) groups is 1. The number of para-hydroxylation sites is 2. The van der Waals surface area contributed by atoms with Crippen molar-refractivity contribution in [2.24, 2.45) is 0 Å². The second kappa shape index (κ2) is 8.17. The van der Waals surface area contributed by atoms with Crippen molar-refractivity contribution >= 4 is 16.8 Å². The molecule has 5 rings (SSSR count). The molecule has 0 bridgehead atoms. The highest BCUT2D eigenvalue weighted by molar-refractivity contribution is 6.08. The maximum atomic E-state index is 12.8. The van der Waals surface area contributed by atoms with E-state index in [1.807, 2.05) is 48.5 Å². The van der Waals surface area contributed by atoms with Gasteiger partial charge in [-0.25, -0.2) is 9.97 Å². The Hall–Kier alpha value is -4.76. The largest absolute Gasteiger partial charge is 0.438 e. The Morgan fingerprint density at radius 3 is 2.44 bits per heavy atom. The molecule has 0 aliphatic rings. The fourth-order valence-electron chi connectivity index (χ4n) is 3.40. The summed E-state index contributed by atoms with van der Waals surface area (Å²) in [6.45, 7) is 0. The summed E-state index contributed by atoms with van der Waals surface area (Å²) in [5.41, 5.74) is 4.36. The minimum Gasteiger partial charge on any atom is -0.438 e. The first-order chi connectivity index (χ1) is 15.7. The maximum absolute atomic E-state index is 12.8. The SMILES string of the molecule is N#Cc1ccc(-c2cccnc2Oc2ccc(C(=O)c3nc4ccccc4[nH]3)cc2)cc1. The van der Waals surface area contributed by atoms with Crippen LogP contribution in [0.15, 0.2) is 91.1 Å². The molecule has 5 aromatic rings. The molecule has 3 aromatic carbocycles. The summed E-state index contributed by atoms with van der Waals surface area (Å²) in [6.07, 6.45) is 1.65. The molecule has 0 amide bonds. The number of nitrogens with zero attached hydrogens (tertiary/aromatic N) is 3. The van der Waals surface area contributed by atoms with Gasteiger partial charge in [-0.15, -0.1) is 0 Å². The van der Waals surface area contributed by atoms with Crippen LogP contribution in [0.5, 0.6) is 11.6 Å². The molecule has 6 heteroatoms. The zero-order chi connectivity index (χ0) is 21.9. The van der Waals surface area contributed by atoms with E-state index in [4.69, 9.17) is 10.00 Å². The van der Waals surface area contributed by atoms with E-state index in [9.17, 15) is 4.79 Å². The van der Waals surface area contributed by atoms with E-state index < -0.39 is 0 Å². The summed E-state index contributed by atoms with van der Waals surface area (Å²) < 4.78 is 6.00. The molecule has 152 valence electrons. The molecule has 0 radical (unpaired) electrons. The van der Waals surface area contributed by atoms with Crippen molar-refractivity contribution in [3.8, 4) is 28.8 Å². The van der Waals surface area contributed by atoms with E-state index in [1.165, 1.54) is 0 Å². The molecule has 0 aliphatic heterocycles. The fraction of sp³-hybridized carbons (Fsp3) is 0. The standard InChI is InChI=1S/C26H16N4O2/c27-16-17-7-9-18(10-8-17)21-4-3-15-28-26(21)32-20-13-11-19(12-14-20)24(31)25-29-22-5-1-2-6-23(22)30-25/h1-15H,(H,29,30). The number of aromatic amines is 1. The molecule has 0 fully saturated rings. The van der Waals surface area contributed by atoms with Crippen molar-refractivity contribution in [2.45, 2.75) is 0 Å². The van der Waals surface area contributed by atoms with E-state index in [1.54, 1.807) is 42.6 Å². The number of rotatable bonds is 5. The minimum absolute atomic E-state index is 0.191. The summed E-state index contributed by atoms with van der Waals surface area (Å²) >= 11 is 0. The van der Waals surface area contributed by atoms with Gasteiger partial charge in [0, 0.05) is 17.3 Å². The van der Waals surface area contributed by atoms with E-state index in [0.29, 0.717) is 28.6 Å². The number of hydrogen-bond donors (Lipinski definition) is 1. The number of nitriles is 1. The number of hydrogen-bond acceptors (Lipinski definition) is 5. The van der Waals surface area contributed by atoms with Crippen LogP contribution in [-0.4, -0.2) is 20.7 Å². The highest BCUT2D eigenvalue weighted by Crippen LogP contribution is 2.31. The van der Waals surface area contributed by atoms with E-state index in [2.05, 4.69) is 21.0 Å². The van der Waals surface area contributed by atoms with E-state index >= 15 is 0 Å². The molecule has 0 saturated heterocycles. The second-order valence-corrected chi connectivity index (χ2v) is 7.10. The van der Waals surface area contributed by atoms with Crippen molar-refractivity contribution in [1.82, 2.24) is 15.0 Å². The van der Waals surface area contributed by atoms with Crippen molar-refractivity contribution in [2.75, 3.05) is 0 Å². The van der Waals surface area contributed by atoms with Gasteiger partial charge in [-0.3, -0.25) is 4.79 Å². The lowest BCUT2D eigenvalue weighted by Crippen LogP contribution is -2.03. The van der Waals surface area contributed by atoms with Gasteiger partial charge in [0.25, 0.3) is 0 Å². The fourth-order valence-corrected chi connectivity index (χ4v) is 3.40. The van der Waals surface area contributed by atoms with Crippen LogP contribution in [0, 0.1) is 11.3 Å². The van der Waals surface area contributed by atoms with Crippen LogP contribution in [0.3, 0.4) is 0 Å². The monoisotopic (exact) mass is 416 g/mol. The summed E-state index contributed by atoms with van der Waals surface area (Å²) in [7, 11) is 0. The van der Waals surface area contributed by atoms with Crippen LogP contribution in [0.2, 0.25) is 0 Å². The first-order valence-electron chi connectivity index (χ1n) is 9.94. The van der Waals surface area contributed by atoms with Crippen molar-refractivity contribution in [1.29, 1.82) is 5.26 Å². The van der Waals surface area contributed by atoms with Gasteiger partial charge in [0.2, 0.25) is 11.7 Å². The third-order valence-electron chi connectivity index (χ3n) is 5.03. The number of H-pyrrole nitrogens is 1. The summed E-state index contributed by atoms with van der Waals surface area (Å²) in [5.74, 6) is 1.10. The zero-order valence-electron chi connectivity index (χ0n) is 16.8. The van der Waals surface area contributed by atoms with Crippen LogP contribution in [0.1, 0.15) is 21.7 Å². The number of pyridine rings is 1. The minimum atomic E-state index is -0.191. The smallest absolute Gasteiger partial charge is 0.228 e. The van der Waals surface area contributed by atoms with Gasteiger partial charge < -0.3 is 9.72 Å². The van der Waals surface area contributed by atoms with Crippen LogP contribution < -0.4 is 4.74 Å². The lowest BCUT2D eigenvalue weighted by atomic mass is 10.1. The Morgan fingerprint density at radius 1 is 0.906 bits per heavy atom. The number of ketones is 1. The number of fused-ring (bicyclic) bond motifs is 1. The van der Waals surface area contributed by atoms with Crippen LogP contribution in [0.4, 0.5) is 0 Å². The van der Waals surface area contributed by atoms with Gasteiger partial charge in [-0.1, -0.05) is 24.3 Å². The molecule has 2 heterocycles. The Labute approximate surface area is 183 Å². The molecule has 0 atom stereocenters. The number of benzene rings is 3. The highest BCUT2D eigenvalue weighted by atomic mass is 16.5. The molecule has 0 saturated carbocycles. The third-order valence-corrected chi connectivity index (χ3v) is 5.03.